The number of hydrogen-bond donors (Lipinski definition) is 0. The quantitative estimate of drug-likeness (QED) is 0.842. The van der Waals surface area contributed by atoms with E-state index in [4.69, 9.17) is 4.52 Å². The number of carbonyl (C=O) groups is 1. The summed E-state index contributed by atoms with van der Waals surface area (Å²) in [5.41, 5.74) is 0.466. The molecular weight excluding hydrogens is 302 g/mol. The molecule has 1 aliphatic heterocycles. The first-order valence-electron chi connectivity index (χ1n) is 7.79. The van der Waals surface area contributed by atoms with Gasteiger partial charge in [-0.15, -0.1) is 0 Å². The maximum atomic E-state index is 14.0. The van der Waals surface area contributed by atoms with E-state index in [1.165, 1.54) is 6.07 Å². The first-order valence-corrected chi connectivity index (χ1v) is 7.79. The molecule has 4 nitrogen and oxygen atoms in total. The van der Waals surface area contributed by atoms with Crippen molar-refractivity contribution in [3.8, 4) is 11.3 Å². The second-order valence-corrected chi connectivity index (χ2v) is 5.79. The van der Waals surface area contributed by atoms with Crippen molar-refractivity contribution in [3.63, 3.8) is 0 Å². The van der Waals surface area contributed by atoms with E-state index in [1.807, 2.05) is 0 Å². The van der Waals surface area contributed by atoms with Gasteiger partial charge in [0.1, 0.15) is 28.7 Å². The summed E-state index contributed by atoms with van der Waals surface area (Å²) in [5.74, 6) is -1.29. The van der Waals surface area contributed by atoms with Crippen LogP contribution in [0.5, 0.6) is 0 Å². The fourth-order valence-corrected chi connectivity index (χ4v) is 2.92. The molecule has 1 fully saturated rings. The van der Waals surface area contributed by atoms with Crippen LogP contribution in [0.15, 0.2) is 22.7 Å². The van der Waals surface area contributed by atoms with Gasteiger partial charge in [0.25, 0.3) is 5.91 Å². The number of hydrogen-bond acceptors (Lipinski definition) is 3. The summed E-state index contributed by atoms with van der Waals surface area (Å²) in [4.78, 5) is 14.6. The molecule has 0 N–H and O–H groups in total. The number of aryl methyl sites for hydroxylation is 1. The smallest absolute Gasteiger partial charge is 0.259 e. The molecule has 1 amide bonds. The lowest BCUT2D eigenvalue weighted by molar-refractivity contribution is 0.0760. The summed E-state index contributed by atoms with van der Waals surface area (Å²) in [5, 5.41) is 3.83. The Bertz CT molecular complexity index is 719. The average molecular weight is 320 g/mol. The summed E-state index contributed by atoms with van der Waals surface area (Å²) in [6.07, 6.45) is 4.12. The highest BCUT2D eigenvalue weighted by atomic mass is 19.1. The molecule has 1 aromatic carbocycles. The zero-order chi connectivity index (χ0) is 16.4. The second kappa shape index (κ2) is 6.48. The van der Waals surface area contributed by atoms with Crippen LogP contribution < -0.4 is 0 Å². The van der Waals surface area contributed by atoms with E-state index in [9.17, 15) is 13.6 Å². The van der Waals surface area contributed by atoms with Crippen LogP contribution in [-0.2, 0) is 0 Å². The molecule has 2 heterocycles. The summed E-state index contributed by atoms with van der Waals surface area (Å²) in [6, 6.07) is 3.20. The molecule has 0 saturated carbocycles. The van der Waals surface area contributed by atoms with Gasteiger partial charge in [-0.25, -0.2) is 8.78 Å². The number of likely N-dealkylation sites (tertiary alicyclic amines) is 1. The van der Waals surface area contributed by atoms with Crippen molar-refractivity contribution in [1.82, 2.24) is 10.1 Å². The minimum absolute atomic E-state index is 0.0708. The van der Waals surface area contributed by atoms with Crippen LogP contribution in [0.1, 0.15) is 41.8 Å². The fraction of sp³-hybridized carbons (Fsp3) is 0.412. The van der Waals surface area contributed by atoms with E-state index in [1.54, 1.807) is 11.8 Å². The molecule has 6 heteroatoms. The number of amides is 1. The standard InChI is InChI=1S/C17H18F2N2O2/c1-11-15(17(22)21-8-4-2-3-5-9-21)16(20-23-11)13-7-6-12(18)10-14(13)19/h6-7,10H,2-5,8-9H2,1H3. The molecule has 0 unspecified atom stereocenters. The molecule has 122 valence electrons. The Morgan fingerprint density at radius 1 is 1.17 bits per heavy atom. The number of aromatic nitrogens is 1. The lowest BCUT2D eigenvalue weighted by Crippen LogP contribution is -2.32. The number of benzene rings is 1. The lowest BCUT2D eigenvalue weighted by Gasteiger charge is -2.20. The third kappa shape index (κ3) is 3.11. The van der Waals surface area contributed by atoms with E-state index < -0.39 is 11.6 Å². The fourth-order valence-electron chi connectivity index (χ4n) is 2.92. The first kappa shape index (κ1) is 15.6. The van der Waals surface area contributed by atoms with Crippen LogP contribution in [0.3, 0.4) is 0 Å². The van der Waals surface area contributed by atoms with Crippen molar-refractivity contribution in [1.29, 1.82) is 0 Å². The molecule has 0 aliphatic carbocycles. The van der Waals surface area contributed by atoms with E-state index in [0.717, 1.165) is 37.8 Å². The molecule has 1 aromatic heterocycles. The number of nitrogens with zero attached hydrogens (tertiary/aromatic N) is 2. The van der Waals surface area contributed by atoms with Crippen molar-refractivity contribution >= 4 is 5.91 Å². The Morgan fingerprint density at radius 2 is 1.87 bits per heavy atom. The lowest BCUT2D eigenvalue weighted by atomic mass is 10.0. The van der Waals surface area contributed by atoms with Gasteiger partial charge in [0, 0.05) is 24.7 Å². The monoisotopic (exact) mass is 320 g/mol. The van der Waals surface area contributed by atoms with Crippen LogP contribution in [0.4, 0.5) is 8.78 Å². The summed E-state index contributed by atoms with van der Waals surface area (Å²) < 4.78 is 32.3. The van der Waals surface area contributed by atoms with Crippen molar-refractivity contribution in [3.05, 3.63) is 41.2 Å². The summed E-state index contributed by atoms with van der Waals surface area (Å²) in [6.45, 7) is 2.98. The van der Waals surface area contributed by atoms with Crippen molar-refractivity contribution in [2.24, 2.45) is 0 Å². The molecule has 1 saturated heterocycles. The molecule has 0 atom stereocenters. The van der Waals surface area contributed by atoms with Crippen LogP contribution >= 0.6 is 0 Å². The predicted octanol–water partition coefficient (Wildman–Crippen LogP) is 3.94. The summed E-state index contributed by atoms with van der Waals surface area (Å²) >= 11 is 0. The van der Waals surface area contributed by atoms with Gasteiger partial charge < -0.3 is 9.42 Å². The van der Waals surface area contributed by atoms with Gasteiger partial charge in [-0.2, -0.15) is 0 Å². The van der Waals surface area contributed by atoms with Gasteiger partial charge in [0.15, 0.2) is 0 Å². The van der Waals surface area contributed by atoms with E-state index in [-0.39, 0.29) is 22.7 Å². The minimum atomic E-state index is -0.761. The maximum Gasteiger partial charge on any atom is 0.259 e. The molecule has 3 rings (SSSR count). The summed E-state index contributed by atoms with van der Waals surface area (Å²) in [7, 11) is 0. The first-order chi connectivity index (χ1) is 11.1. The van der Waals surface area contributed by atoms with Crippen LogP contribution in [0.25, 0.3) is 11.3 Å². The van der Waals surface area contributed by atoms with Crippen LogP contribution in [-0.4, -0.2) is 29.1 Å². The third-order valence-corrected chi connectivity index (χ3v) is 4.16. The highest BCUT2D eigenvalue weighted by Gasteiger charge is 2.27. The molecule has 0 spiro atoms. The zero-order valence-corrected chi connectivity index (χ0v) is 12.9. The van der Waals surface area contributed by atoms with E-state index in [2.05, 4.69) is 5.16 Å². The second-order valence-electron chi connectivity index (χ2n) is 5.79. The molecular formula is C17H18F2N2O2. The van der Waals surface area contributed by atoms with E-state index >= 15 is 0 Å². The number of carbonyl (C=O) groups excluding carboxylic acids is 1. The van der Waals surface area contributed by atoms with Crippen LogP contribution in [0, 0.1) is 18.6 Å². The van der Waals surface area contributed by atoms with Gasteiger partial charge in [0.2, 0.25) is 0 Å². The number of halogens is 2. The third-order valence-electron chi connectivity index (χ3n) is 4.16. The molecule has 23 heavy (non-hydrogen) atoms. The SMILES string of the molecule is Cc1onc(-c2ccc(F)cc2F)c1C(=O)N1CCCCCC1. The number of rotatable bonds is 2. The Morgan fingerprint density at radius 3 is 2.52 bits per heavy atom. The highest BCUT2D eigenvalue weighted by molar-refractivity contribution is 6.00. The maximum absolute atomic E-state index is 14.0. The van der Waals surface area contributed by atoms with Gasteiger partial charge >= 0.3 is 0 Å². The highest BCUT2D eigenvalue weighted by Crippen LogP contribution is 2.29. The largest absolute Gasteiger partial charge is 0.360 e. The Balaban J connectivity index is 1.99. The normalized spacial score (nSPS) is 15.5. The van der Waals surface area contributed by atoms with Gasteiger partial charge in [-0.3, -0.25) is 4.79 Å². The molecule has 1 aliphatic rings. The van der Waals surface area contributed by atoms with Gasteiger partial charge in [0.05, 0.1) is 0 Å². The minimum Gasteiger partial charge on any atom is -0.360 e. The Kier molecular flexibility index (Phi) is 4.41. The van der Waals surface area contributed by atoms with Crippen molar-refractivity contribution < 1.29 is 18.1 Å². The average Bonchev–Trinajstić information content (AvgIpc) is 2.74. The molecule has 0 bridgehead atoms. The van der Waals surface area contributed by atoms with Crippen LogP contribution in [0.2, 0.25) is 0 Å². The molecule has 2 aromatic rings. The predicted molar refractivity (Wildman–Crippen MR) is 81.0 cm³/mol. The van der Waals surface area contributed by atoms with Crippen molar-refractivity contribution in [2.75, 3.05) is 13.1 Å². The van der Waals surface area contributed by atoms with Gasteiger partial charge in [-0.05, 0) is 31.9 Å². The zero-order valence-electron chi connectivity index (χ0n) is 12.9. The van der Waals surface area contributed by atoms with Crippen molar-refractivity contribution in [2.45, 2.75) is 32.6 Å². The Labute approximate surface area is 133 Å². The molecule has 0 radical (unpaired) electrons. The Hall–Kier alpha value is -2.24. The van der Waals surface area contributed by atoms with Gasteiger partial charge in [-0.1, -0.05) is 18.0 Å². The van der Waals surface area contributed by atoms with E-state index in [0.29, 0.717) is 18.8 Å². The topological polar surface area (TPSA) is 46.3 Å².